The number of nitrogens with two attached hydrogens (primary N) is 1. The molecule has 0 aliphatic heterocycles. The van der Waals surface area contributed by atoms with E-state index in [9.17, 15) is 4.79 Å². The van der Waals surface area contributed by atoms with Crippen molar-refractivity contribution in [2.45, 2.75) is 26.8 Å². The van der Waals surface area contributed by atoms with Gasteiger partial charge in [0.25, 0.3) is 0 Å². The van der Waals surface area contributed by atoms with Crippen LogP contribution in [0.4, 0.5) is 5.82 Å². The number of aryl methyl sites for hydroxylation is 1. The maximum atomic E-state index is 11.3. The number of allylic oxidation sites excluding steroid dienone is 1. The summed E-state index contributed by atoms with van der Waals surface area (Å²) in [6, 6.07) is 0. The lowest BCUT2D eigenvalue weighted by Gasteiger charge is -2.21. The third-order valence-electron chi connectivity index (χ3n) is 2.83. The molecule has 0 saturated heterocycles. The zero-order valence-electron chi connectivity index (χ0n) is 11.7. The minimum absolute atomic E-state index is 0.0116. The first-order valence-electron chi connectivity index (χ1n) is 6.06. The van der Waals surface area contributed by atoms with E-state index in [0.717, 1.165) is 17.0 Å². The Bertz CT molecular complexity index is 505. The Morgan fingerprint density at radius 2 is 2.35 bits per heavy atom. The average molecular weight is 295 g/mol. The van der Waals surface area contributed by atoms with E-state index in [4.69, 9.17) is 10.8 Å². The van der Waals surface area contributed by atoms with Crippen LogP contribution in [0, 0.1) is 13.2 Å². The summed E-state index contributed by atoms with van der Waals surface area (Å²) in [6.45, 7) is 3.86. The van der Waals surface area contributed by atoms with Gasteiger partial charge in [-0.05, 0) is 13.8 Å². The molecule has 1 amide bonds. The van der Waals surface area contributed by atoms with E-state index in [1.165, 1.54) is 16.7 Å². The molecule has 1 aromatic rings. The number of anilines is 1. The van der Waals surface area contributed by atoms with Crippen molar-refractivity contribution in [3.63, 3.8) is 0 Å². The standard InChI is InChI=1S/C13H19N4O2S/c1-9(12(20-3)4-5-18)17(8-19)7-11-6-15-10(2)16-13(11)14/h6,8,18H,3-5,7H2,1-2H3,(H2,14,15,16)/b12-9-. The van der Waals surface area contributed by atoms with E-state index in [1.807, 2.05) is 6.92 Å². The molecule has 0 fully saturated rings. The van der Waals surface area contributed by atoms with E-state index in [0.29, 0.717) is 23.6 Å². The molecule has 0 atom stereocenters. The number of aliphatic hydroxyl groups is 1. The lowest BCUT2D eigenvalue weighted by molar-refractivity contribution is -0.116. The molecule has 1 aromatic heterocycles. The third kappa shape index (κ3) is 4.21. The topological polar surface area (TPSA) is 92.3 Å². The first-order chi connectivity index (χ1) is 9.53. The molecule has 0 spiro atoms. The molecule has 0 bridgehead atoms. The van der Waals surface area contributed by atoms with Crippen molar-refractivity contribution in [2.24, 2.45) is 0 Å². The Kier molecular flexibility index (Phi) is 6.47. The minimum Gasteiger partial charge on any atom is -0.396 e. The molecular formula is C13H19N4O2S. The maximum Gasteiger partial charge on any atom is 0.214 e. The fourth-order valence-corrected chi connectivity index (χ4v) is 2.23. The van der Waals surface area contributed by atoms with E-state index in [1.54, 1.807) is 13.1 Å². The molecule has 1 radical (unpaired) electrons. The highest BCUT2D eigenvalue weighted by Crippen LogP contribution is 2.24. The summed E-state index contributed by atoms with van der Waals surface area (Å²) in [5.41, 5.74) is 7.25. The van der Waals surface area contributed by atoms with Gasteiger partial charge in [-0.3, -0.25) is 4.79 Å². The van der Waals surface area contributed by atoms with Crippen LogP contribution in [0.25, 0.3) is 0 Å². The van der Waals surface area contributed by atoms with Gasteiger partial charge in [0, 0.05) is 41.6 Å². The Morgan fingerprint density at radius 1 is 1.65 bits per heavy atom. The zero-order chi connectivity index (χ0) is 15.1. The normalized spacial score (nSPS) is 12.0. The van der Waals surface area contributed by atoms with Crippen molar-refractivity contribution in [3.05, 3.63) is 34.4 Å². The van der Waals surface area contributed by atoms with Gasteiger partial charge in [0.05, 0.1) is 6.54 Å². The number of rotatable bonds is 7. The summed E-state index contributed by atoms with van der Waals surface area (Å²) in [4.78, 5) is 21.8. The Balaban J connectivity index is 2.99. The SMILES string of the molecule is [CH2]S/C(CCO)=C(/C)N(C=O)Cc1cnc(C)nc1N. The second-order valence-corrected chi connectivity index (χ2v) is 4.97. The Labute approximate surface area is 123 Å². The van der Waals surface area contributed by atoms with Crippen molar-refractivity contribution in [3.8, 4) is 0 Å². The Hall–Kier alpha value is -1.60. The molecule has 109 valence electrons. The predicted octanol–water partition coefficient (Wildman–Crippen LogP) is 1.46. The largest absolute Gasteiger partial charge is 0.396 e. The highest BCUT2D eigenvalue weighted by molar-refractivity contribution is 8.04. The molecule has 3 N–H and O–H groups in total. The van der Waals surface area contributed by atoms with Crippen molar-refractivity contribution < 1.29 is 9.90 Å². The number of hydrogen-bond donors (Lipinski definition) is 2. The van der Waals surface area contributed by atoms with E-state index in [-0.39, 0.29) is 13.2 Å². The fraction of sp³-hybridized carbons (Fsp3) is 0.385. The van der Waals surface area contributed by atoms with Gasteiger partial charge in [0.1, 0.15) is 11.6 Å². The van der Waals surface area contributed by atoms with Crippen LogP contribution in [0.15, 0.2) is 16.8 Å². The van der Waals surface area contributed by atoms with Crippen LogP contribution in [0.5, 0.6) is 0 Å². The van der Waals surface area contributed by atoms with Crippen LogP contribution in [-0.2, 0) is 11.3 Å². The van der Waals surface area contributed by atoms with Crippen LogP contribution in [-0.4, -0.2) is 33.0 Å². The second kappa shape index (κ2) is 7.86. The van der Waals surface area contributed by atoms with Crippen LogP contribution in [0.2, 0.25) is 0 Å². The number of aliphatic hydroxyl groups excluding tert-OH is 1. The van der Waals surface area contributed by atoms with Gasteiger partial charge in [0.15, 0.2) is 0 Å². The highest BCUT2D eigenvalue weighted by atomic mass is 32.2. The fourth-order valence-electron chi connectivity index (χ4n) is 1.67. The van der Waals surface area contributed by atoms with E-state index in [2.05, 4.69) is 16.2 Å². The molecule has 7 heteroatoms. The summed E-state index contributed by atoms with van der Waals surface area (Å²) in [5.74, 6) is 0.952. The number of carbonyl (C=O) groups excluding carboxylic acids is 1. The van der Waals surface area contributed by atoms with Gasteiger partial charge in [-0.15, -0.1) is 11.8 Å². The number of nitrogens with zero attached hydrogens (tertiary/aromatic N) is 3. The highest BCUT2D eigenvalue weighted by Gasteiger charge is 2.13. The monoisotopic (exact) mass is 295 g/mol. The van der Waals surface area contributed by atoms with Crippen LogP contribution in [0.1, 0.15) is 24.7 Å². The van der Waals surface area contributed by atoms with Crippen LogP contribution in [0.3, 0.4) is 0 Å². The molecule has 6 nitrogen and oxygen atoms in total. The molecular weight excluding hydrogens is 276 g/mol. The molecule has 1 rings (SSSR count). The molecule has 20 heavy (non-hydrogen) atoms. The molecule has 0 aliphatic rings. The summed E-state index contributed by atoms with van der Waals surface area (Å²) in [6.07, 6.45) is 6.54. The van der Waals surface area contributed by atoms with Crippen LogP contribution >= 0.6 is 11.8 Å². The summed E-state index contributed by atoms with van der Waals surface area (Å²) >= 11 is 1.27. The van der Waals surface area contributed by atoms with Gasteiger partial charge < -0.3 is 15.7 Å². The van der Waals surface area contributed by atoms with Gasteiger partial charge in [-0.1, -0.05) is 0 Å². The molecule has 0 aliphatic carbocycles. The second-order valence-electron chi connectivity index (χ2n) is 4.19. The summed E-state index contributed by atoms with van der Waals surface area (Å²) in [5, 5.41) is 9.01. The van der Waals surface area contributed by atoms with Crippen molar-refractivity contribution in [1.82, 2.24) is 14.9 Å². The molecule has 0 aromatic carbocycles. The first-order valence-corrected chi connectivity index (χ1v) is 7.04. The minimum atomic E-state index is 0.0116. The smallest absolute Gasteiger partial charge is 0.214 e. The van der Waals surface area contributed by atoms with Gasteiger partial charge in [0.2, 0.25) is 6.41 Å². The number of amides is 1. The van der Waals surface area contributed by atoms with Gasteiger partial charge in [-0.25, -0.2) is 9.97 Å². The van der Waals surface area contributed by atoms with Crippen molar-refractivity contribution in [1.29, 1.82) is 0 Å². The molecule has 1 heterocycles. The number of nitrogen functional groups attached to an aromatic ring is 1. The van der Waals surface area contributed by atoms with Crippen molar-refractivity contribution >= 4 is 24.0 Å². The zero-order valence-corrected chi connectivity index (χ0v) is 12.5. The lowest BCUT2D eigenvalue weighted by Crippen LogP contribution is -2.21. The lowest BCUT2D eigenvalue weighted by atomic mass is 10.2. The van der Waals surface area contributed by atoms with Gasteiger partial charge in [-0.2, -0.15) is 0 Å². The maximum absolute atomic E-state index is 11.3. The molecule has 0 unspecified atom stereocenters. The third-order valence-corrected chi connectivity index (χ3v) is 3.68. The average Bonchev–Trinajstić information content (AvgIpc) is 2.43. The van der Waals surface area contributed by atoms with E-state index < -0.39 is 0 Å². The first kappa shape index (κ1) is 16.5. The van der Waals surface area contributed by atoms with E-state index >= 15 is 0 Å². The van der Waals surface area contributed by atoms with Crippen LogP contribution < -0.4 is 5.73 Å². The number of thioether (sulfide) groups is 1. The van der Waals surface area contributed by atoms with Gasteiger partial charge >= 0.3 is 0 Å². The number of carbonyl (C=O) groups is 1. The predicted molar refractivity (Wildman–Crippen MR) is 80.1 cm³/mol. The number of hydrogen-bond acceptors (Lipinski definition) is 6. The Morgan fingerprint density at radius 3 is 2.85 bits per heavy atom. The summed E-state index contributed by atoms with van der Waals surface area (Å²) in [7, 11) is 0. The summed E-state index contributed by atoms with van der Waals surface area (Å²) < 4.78 is 0. The quantitative estimate of drug-likeness (QED) is 0.740. The molecule has 0 saturated carbocycles. The van der Waals surface area contributed by atoms with Crippen molar-refractivity contribution in [2.75, 3.05) is 12.3 Å². The number of aromatic nitrogens is 2.